The Hall–Kier alpha value is -0.970. The van der Waals surface area contributed by atoms with Gasteiger partial charge in [-0.1, -0.05) is 0 Å². The van der Waals surface area contributed by atoms with Crippen LogP contribution in [0, 0.1) is 0 Å². The van der Waals surface area contributed by atoms with E-state index in [9.17, 15) is 4.79 Å². The number of hydrogen-bond acceptors (Lipinski definition) is 4. The third-order valence-electron chi connectivity index (χ3n) is 2.43. The van der Waals surface area contributed by atoms with Gasteiger partial charge in [0.2, 0.25) is 0 Å². The van der Waals surface area contributed by atoms with Gasteiger partial charge in [-0.3, -0.25) is 4.79 Å². The van der Waals surface area contributed by atoms with E-state index >= 15 is 0 Å². The maximum Gasteiger partial charge on any atom is 0.287 e. The molecule has 0 saturated carbocycles. The molecule has 5 heteroatoms. The fourth-order valence-corrected chi connectivity index (χ4v) is 2.78. The summed E-state index contributed by atoms with van der Waals surface area (Å²) in [7, 11) is 0. The fourth-order valence-electron chi connectivity index (χ4n) is 1.62. The number of nitrogens with zero attached hydrogens (tertiary/aromatic N) is 1. The molecular weight excluding hydrogens is 198 g/mol. The summed E-state index contributed by atoms with van der Waals surface area (Å²) in [5.41, 5.74) is 6.44. The molecule has 1 fully saturated rings. The predicted octanol–water partition coefficient (Wildman–Crippen LogP) is 0.963. The molecule has 1 atom stereocenters. The number of H-pyrrole nitrogens is 1. The minimum absolute atomic E-state index is 0.269. The van der Waals surface area contributed by atoms with Crippen LogP contribution in [0.25, 0.3) is 0 Å². The summed E-state index contributed by atoms with van der Waals surface area (Å²) < 4.78 is 0. The van der Waals surface area contributed by atoms with Crippen molar-refractivity contribution in [1.82, 2.24) is 10.2 Å². The molecule has 76 valence electrons. The van der Waals surface area contributed by atoms with E-state index in [0.29, 0.717) is 5.92 Å². The number of thioether (sulfide) groups is 1. The van der Waals surface area contributed by atoms with Crippen LogP contribution in [0.5, 0.6) is 0 Å². The molecule has 0 bridgehead atoms. The lowest BCUT2D eigenvalue weighted by Gasteiger charge is -2.20. The Morgan fingerprint density at radius 1 is 1.64 bits per heavy atom. The first-order valence-corrected chi connectivity index (χ1v) is 5.85. The van der Waals surface area contributed by atoms with Crippen LogP contribution in [-0.4, -0.2) is 21.7 Å². The molecule has 1 aliphatic heterocycles. The Morgan fingerprint density at radius 3 is 3.14 bits per heavy atom. The minimum Gasteiger partial charge on any atom is -0.394 e. The Balaban J connectivity index is 2.22. The average molecular weight is 211 g/mol. The van der Waals surface area contributed by atoms with E-state index in [0.717, 1.165) is 17.9 Å². The van der Waals surface area contributed by atoms with Gasteiger partial charge in [0.05, 0.1) is 5.69 Å². The first-order valence-electron chi connectivity index (χ1n) is 4.70. The lowest BCUT2D eigenvalue weighted by atomic mass is 10.0. The second-order valence-electron chi connectivity index (χ2n) is 3.49. The maximum absolute atomic E-state index is 11.0. The van der Waals surface area contributed by atoms with Crippen molar-refractivity contribution in [3.63, 3.8) is 0 Å². The molecule has 0 spiro atoms. The molecule has 1 saturated heterocycles. The van der Waals surface area contributed by atoms with Gasteiger partial charge in [-0.15, -0.1) is 0 Å². The maximum atomic E-state index is 11.0. The van der Waals surface area contributed by atoms with Crippen molar-refractivity contribution in [1.29, 1.82) is 0 Å². The van der Waals surface area contributed by atoms with Crippen molar-refractivity contribution < 1.29 is 0 Å². The smallest absolute Gasteiger partial charge is 0.287 e. The van der Waals surface area contributed by atoms with Gasteiger partial charge in [0.15, 0.2) is 0 Å². The summed E-state index contributed by atoms with van der Waals surface area (Å²) in [6.07, 6.45) is 2.36. The fraction of sp³-hybridized carbons (Fsp3) is 0.556. The SMILES string of the molecule is Nc1cc(C2CCCSC2)n[nH]c1=O. The Labute approximate surface area is 86.3 Å². The number of hydrogen-bond donors (Lipinski definition) is 2. The van der Waals surface area contributed by atoms with Crippen LogP contribution < -0.4 is 11.3 Å². The summed E-state index contributed by atoms with van der Waals surface area (Å²) in [6.45, 7) is 0. The Morgan fingerprint density at radius 2 is 2.50 bits per heavy atom. The number of aromatic nitrogens is 2. The predicted molar refractivity (Wildman–Crippen MR) is 58.6 cm³/mol. The molecule has 1 unspecified atom stereocenters. The second kappa shape index (κ2) is 4.04. The first kappa shape index (κ1) is 9.58. The molecular formula is C9H13N3OS. The van der Waals surface area contributed by atoms with Gasteiger partial charge >= 0.3 is 0 Å². The van der Waals surface area contributed by atoms with Crippen LogP contribution in [0.1, 0.15) is 24.5 Å². The lowest BCUT2D eigenvalue weighted by Crippen LogP contribution is -2.18. The number of nitrogens with two attached hydrogens (primary N) is 1. The van der Waals surface area contributed by atoms with Crippen molar-refractivity contribution in [2.75, 3.05) is 17.2 Å². The topological polar surface area (TPSA) is 71.8 Å². The lowest BCUT2D eigenvalue weighted by molar-refractivity contribution is 0.632. The Kier molecular flexibility index (Phi) is 2.77. The monoisotopic (exact) mass is 211 g/mol. The highest BCUT2D eigenvalue weighted by Gasteiger charge is 2.17. The third kappa shape index (κ3) is 1.92. The zero-order chi connectivity index (χ0) is 9.97. The van der Waals surface area contributed by atoms with E-state index in [-0.39, 0.29) is 11.2 Å². The third-order valence-corrected chi connectivity index (χ3v) is 3.65. The molecule has 2 heterocycles. The van der Waals surface area contributed by atoms with Crippen molar-refractivity contribution in [3.05, 3.63) is 22.1 Å². The van der Waals surface area contributed by atoms with E-state index in [1.807, 2.05) is 11.8 Å². The highest BCUT2D eigenvalue weighted by molar-refractivity contribution is 7.99. The molecule has 0 radical (unpaired) electrons. The summed E-state index contributed by atoms with van der Waals surface area (Å²) in [6, 6.07) is 1.70. The molecule has 1 aromatic rings. The summed E-state index contributed by atoms with van der Waals surface area (Å²) in [5.74, 6) is 2.77. The van der Waals surface area contributed by atoms with E-state index in [1.54, 1.807) is 6.07 Å². The first-order chi connectivity index (χ1) is 6.77. The van der Waals surface area contributed by atoms with E-state index in [1.165, 1.54) is 12.2 Å². The molecule has 0 amide bonds. The van der Waals surface area contributed by atoms with Crippen molar-refractivity contribution in [2.45, 2.75) is 18.8 Å². The van der Waals surface area contributed by atoms with Gasteiger partial charge in [-0.25, -0.2) is 5.10 Å². The highest BCUT2D eigenvalue weighted by Crippen LogP contribution is 2.29. The van der Waals surface area contributed by atoms with Crippen LogP contribution in [0.4, 0.5) is 5.69 Å². The molecule has 1 aromatic heterocycles. The molecule has 0 aliphatic carbocycles. The average Bonchev–Trinajstić information content (AvgIpc) is 2.23. The van der Waals surface area contributed by atoms with Gasteiger partial charge in [0, 0.05) is 11.7 Å². The van der Waals surface area contributed by atoms with Crippen molar-refractivity contribution >= 4 is 17.4 Å². The summed E-state index contributed by atoms with van der Waals surface area (Å²) in [5, 5.41) is 6.46. The van der Waals surface area contributed by atoms with Crippen LogP contribution in [-0.2, 0) is 0 Å². The van der Waals surface area contributed by atoms with Gasteiger partial charge in [-0.05, 0) is 24.7 Å². The quantitative estimate of drug-likeness (QED) is 0.726. The highest BCUT2D eigenvalue weighted by atomic mass is 32.2. The molecule has 4 nitrogen and oxygen atoms in total. The standard InChI is InChI=1S/C9H13N3OS/c10-7-4-8(11-12-9(7)13)6-2-1-3-14-5-6/h4,6H,1-3,5H2,(H2,10,11)(H,12,13). The number of aromatic amines is 1. The zero-order valence-electron chi connectivity index (χ0n) is 7.82. The number of nitrogens with one attached hydrogen (secondary N) is 1. The number of rotatable bonds is 1. The van der Waals surface area contributed by atoms with Gasteiger partial charge in [-0.2, -0.15) is 16.9 Å². The number of nitrogen functional groups attached to an aromatic ring is 1. The largest absolute Gasteiger partial charge is 0.394 e. The molecule has 3 N–H and O–H groups in total. The van der Waals surface area contributed by atoms with Gasteiger partial charge < -0.3 is 5.73 Å². The Bertz CT molecular complexity index is 371. The van der Waals surface area contributed by atoms with E-state index < -0.39 is 0 Å². The van der Waals surface area contributed by atoms with Crippen LogP contribution in [0.15, 0.2) is 10.9 Å². The molecule has 1 aliphatic rings. The van der Waals surface area contributed by atoms with Crippen molar-refractivity contribution in [2.24, 2.45) is 0 Å². The molecule has 0 aromatic carbocycles. The zero-order valence-corrected chi connectivity index (χ0v) is 8.64. The van der Waals surface area contributed by atoms with Crippen molar-refractivity contribution in [3.8, 4) is 0 Å². The van der Waals surface area contributed by atoms with Crippen LogP contribution in [0.2, 0.25) is 0 Å². The van der Waals surface area contributed by atoms with E-state index in [4.69, 9.17) is 5.73 Å². The summed E-state index contributed by atoms with van der Waals surface area (Å²) >= 11 is 1.94. The second-order valence-corrected chi connectivity index (χ2v) is 4.64. The number of anilines is 1. The molecule has 2 rings (SSSR count). The van der Waals surface area contributed by atoms with Gasteiger partial charge in [0.25, 0.3) is 5.56 Å². The minimum atomic E-state index is -0.294. The van der Waals surface area contributed by atoms with Gasteiger partial charge in [0.1, 0.15) is 5.69 Å². The van der Waals surface area contributed by atoms with E-state index in [2.05, 4.69) is 10.2 Å². The van der Waals surface area contributed by atoms with Crippen LogP contribution in [0.3, 0.4) is 0 Å². The summed E-state index contributed by atoms with van der Waals surface area (Å²) in [4.78, 5) is 11.0. The van der Waals surface area contributed by atoms with Crippen LogP contribution >= 0.6 is 11.8 Å². The molecule has 14 heavy (non-hydrogen) atoms. The normalized spacial score (nSPS) is 22.1.